The third kappa shape index (κ3) is 21.1. The first-order chi connectivity index (χ1) is 60.6. The summed E-state index contributed by atoms with van der Waals surface area (Å²) in [6.45, 7) is -0.493. The first-order valence-electron chi connectivity index (χ1n) is 37.1. The van der Waals surface area contributed by atoms with Crippen molar-refractivity contribution in [3.63, 3.8) is 0 Å². The summed E-state index contributed by atoms with van der Waals surface area (Å²) in [5, 5.41) is 12.1. The fraction of sp³-hybridized carbons (Fsp3) is 0.165. The monoisotopic (exact) mass is 2230 g/mol. The zero-order valence-electron chi connectivity index (χ0n) is 68.2. The van der Waals surface area contributed by atoms with Gasteiger partial charge in [0.25, 0.3) is 33.4 Å². The summed E-state index contributed by atoms with van der Waals surface area (Å²) < 4.78 is 158. The first kappa shape index (κ1) is 96.0. The second-order valence-electron chi connectivity index (χ2n) is 27.6. The lowest BCUT2D eigenvalue weighted by atomic mass is 10.2. The molecule has 0 saturated heterocycles. The van der Waals surface area contributed by atoms with Crippen molar-refractivity contribution in [1.29, 1.82) is 0 Å². The number of nitrogens with one attached hydrogen (secondary N) is 1. The van der Waals surface area contributed by atoms with Crippen LogP contribution in [0.3, 0.4) is 0 Å². The van der Waals surface area contributed by atoms with Crippen molar-refractivity contribution < 1.29 is 67.4 Å². The number of alkyl halides is 3. The van der Waals surface area contributed by atoms with Gasteiger partial charge in [-0.05, 0) is 234 Å². The predicted molar refractivity (Wildman–Crippen MR) is 498 cm³/mol. The SMILES string of the molecule is CNc1cc(=O)n(Cc2ccc(OC)cc2)c(=O)n1-c1ccc(I)cc1F.COc1ccc(Cn2c(=O)c3c(O)cc(=O)n(C)c3n(-c3ccc(I)cc3F)c2=O)cc1.COc1ccc(Cn2c(=O)c3c(OS(=O)(=O)C(F)(F)F)cc(=O)n(C)c3n(-c3ccc(I)cc3F)c2=O)cc1.COc1ccc(Cn2c(=O)cc(N=CN(C)C)n(-c3ccc(I)cc3F)c2=O)cc1. The van der Waals surface area contributed by atoms with Crippen LogP contribution in [0.25, 0.3) is 44.8 Å². The highest BCUT2D eigenvalue weighted by atomic mass is 127. The lowest BCUT2D eigenvalue weighted by molar-refractivity contribution is -0.0499. The molecule has 14 rings (SSSR count). The largest absolute Gasteiger partial charge is 0.534 e. The number of hydrogen-bond donors (Lipinski definition) is 2. The molecule has 2 N–H and O–H groups in total. The minimum atomic E-state index is -6.34. The van der Waals surface area contributed by atoms with Gasteiger partial charge in [0.1, 0.15) is 85.7 Å². The van der Waals surface area contributed by atoms with E-state index in [-0.39, 0.29) is 59.4 Å². The maximum Gasteiger partial charge on any atom is 0.534 e. The van der Waals surface area contributed by atoms with Gasteiger partial charge in [-0.1, -0.05) is 48.5 Å². The minimum absolute atomic E-state index is 0.0230. The van der Waals surface area contributed by atoms with E-state index in [9.17, 15) is 87.8 Å². The Labute approximate surface area is 772 Å². The summed E-state index contributed by atoms with van der Waals surface area (Å²) in [5.41, 5.74) is -13.0. The van der Waals surface area contributed by atoms with Crippen molar-refractivity contribution in [2.45, 2.75) is 31.7 Å². The van der Waals surface area contributed by atoms with E-state index >= 15 is 4.39 Å². The number of pyridine rings is 2. The van der Waals surface area contributed by atoms with Crippen molar-refractivity contribution in [2.24, 2.45) is 19.1 Å². The van der Waals surface area contributed by atoms with E-state index in [1.807, 2.05) is 67.8 Å². The molecule has 43 heteroatoms. The Bertz CT molecular complexity index is 7470. The second-order valence-corrected chi connectivity index (χ2v) is 34.1. The van der Waals surface area contributed by atoms with Crippen LogP contribution in [-0.2, 0) is 50.4 Å². The third-order valence-electron chi connectivity index (χ3n) is 19.1. The van der Waals surface area contributed by atoms with Crippen LogP contribution in [0, 0.1) is 37.5 Å². The molecular weight excluding hydrogens is 2160 g/mol. The minimum Gasteiger partial charge on any atom is -0.507 e. The van der Waals surface area contributed by atoms with Crippen LogP contribution < -0.4 is 84.6 Å². The molecule has 0 spiro atoms. The van der Waals surface area contributed by atoms with Crippen LogP contribution in [0.1, 0.15) is 22.3 Å². The van der Waals surface area contributed by atoms with Gasteiger partial charge < -0.3 is 38.5 Å². The molecule has 0 aliphatic heterocycles. The smallest absolute Gasteiger partial charge is 0.507 e. The van der Waals surface area contributed by atoms with E-state index in [0.29, 0.717) is 68.2 Å². The standard InChI is InChI=1S/C23H16F4IN3O7S.C22H17FIN3O5.C21H20FIN4O3.C19H17FIN3O3/c1-29-18(32)10-17(38-39(35,36)23(25,26)27)19-20(29)31(16-8-5-13(28)9-15(16)24)22(34)30(21(19)33)11-12-3-6-14(37-2)7-4-12;1-25-18(29)10-17(28)19-20(25)27(16-8-5-13(24)9-15(16)23)22(31)26(21(19)30)11-12-3-6-14(32-2)7-4-12;1-25(2)13-24-19-11-20(28)26(12-14-4-7-16(30-3)8-5-14)21(29)27(19)18-9-6-15(23)10-17(18)22;1-22-17-10-18(25)23(11-12-3-6-14(27-2)7-4-12)19(26)24(17)16-8-5-13(21)9-15(16)20/h3-10H,11H2,1-2H3;3-10,28H,11H2,1-2H3;4-11,13H,12H2,1-3H3;3-10,22H,11H2,1-2H3. The summed E-state index contributed by atoms with van der Waals surface area (Å²) in [6, 6.07) is 47.4. The fourth-order valence-electron chi connectivity index (χ4n) is 12.7. The number of fused-ring (bicyclic) bond motifs is 2. The number of methoxy groups -OCH3 is 4. The maximum atomic E-state index is 15.1. The Kier molecular flexibility index (Phi) is 30.4. The molecule has 0 atom stereocenters. The number of hydrogen-bond acceptors (Lipinski definition) is 20. The van der Waals surface area contributed by atoms with Crippen molar-refractivity contribution >= 4 is 141 Å². The van der Waals surface area contributed by atoms with Crippen LogP contribution >= 0.6 is 90.4 Å². The fourth-order valence-corrected chi connectivity index (χ4v) is 15.0. The molecule has 0 bridgehead atoms. The molecule has 0 aliphatic carbocycles. The van der Waals surface area contributed by atoms with Crippen LogP contribution in [0.4, 0.5) is 42.4 Å². The van der Waals surface area contributed by atoms with Crippen molar-refractivity contribution in [2.75, 3.05) is 54.9 Å². The zero-order valence-corrected chi connectivity index (χ0v) is 77.6. The van der Waals surface area contributed by atoms with E-state index in [2.05, 4.69) is 14.5 Å². The number of anilines is 1. The number of halogens is 11. The molecular formula is C85H70F7I4N13O18S. The van der Waals surface area contributed by atoms with E-state index < -0.39 is 130 Å². The lowest BCUT2D eigenvalue weighted by Crippen LogP contribution is -2.42. The number of ether oxygens (including phenoxy) is 4. The number of aliphatic imine (C=N–C) groups is 1. The van der Waals surface area contributed by atoms with Gasteiger partial charge in [0.05, 0.1) is 83.7 Å². The average Bonchev–Trinajstić information content (AvgIpc) is 0.729. The topological polar surface area (TPSA) is 348 Å². The molecule has 14 aromatic rings. The third-order valence-corrected chi connectivity index (χ3v) is 22.7. The van der Waals surface area contributed by atoms with Gasteiger partial charge in [-0.3, -0.25) is 56.2 Å². The number of nitrogens with zero attached hydrogens (tertiary/aromatic N) is 12. The van der Waals surface area contributed by atoms with Crippen molar-refractivity contribution in [3.8, 4) is 57.2 Å². The zero-order chi connectivity index (χ0) is 93.4. The second kappa shape index (κ2) is 40.5. The van der Waals surface area contributed by atoms with Gasteiger partial charge in [0, 0.05) is 73.8 Å². The van der Waals surface area contributed by atoms with E-state index in [1.54, 1.807) is 154 Å². The first-order valence-corrected chi connectivity index (χ1v) is 42.8. The Morgan fingerprint density at radius 2 is 0.734 bits per heavy atom. The molecule has 6 aromatic heterocycles. The molecule has 666 valence electrons. The van der Waals surface area contributed by atoms with E-state index in [0.717, 1.165) is 68.3 Å². The molecule has 128 heavy (non-hydrogen) atoms. The van der Waals surface area contributed by atoms with Gasteiger partial charge in [-0.2, -0.15) is 21.6 Å². The Morgan fingerprint density at radius 1 is 0.422 bits per heavy atom. The summed E-state index contributed by atoms with van der Waals surface area (Å²) >= 11 is 7.71. The molecule has 0 saturated carbocycles. The molecule has 0 fully saturated rings. The van der Waals surface area contributed by atoms with E-state index in [4.69, 9.17) is 18.9 Å². The summed E-state index contributed by atoms with van der Waals surface area (Å²) in [6.07, 6.45) is 1.45. The summed E-state index contributed by atoms with van der Waals surface area (Å²) in [4.78, 5) is 136. The Morgan fingerprint density at radius 3 is 1.08 bits per heavy atom. The molecule has 0 unspecified atom stereocenters. The van der Waals surface area contributed by atoms with Crippen molar-refractivity contribution in [1.82, 2.24) is 50.6 Å². The number of aromatic hydroxyl groups is 1. The molecule has 0 aliphatic rings. The van der Waals surface area contributed by atoms with E-state index in [1.165, 1.54) is 106 Å². The van der Waals surface area contributed by atoms with Crippen LogP contribution in [-0.4, -0.2) is 126 Å². The normalized spacial score (nSPS) is 11.3. The summed E-state index contributed by atoms with van der Waals surface area (Å²) in [7, 11) is 7.20. The number of aromatic nitrogens is 10. The van der Waals surface area contributed by atoms with Crippen LogP contribution in [0.15, 0.2) is 247 Å². The molecule has 31 nitrogen and oxygen atoms in total. The lowest BCUT2D eigenvalue weighted by Gasteiger charge is -2.19. The average molecular weight is 2230 g/mol. The van der Waals surface area contributed by atoms with Crippen molar-refractivity contribution in [3.05, 3.63) is 358 Å². The predicted octanol–water partition coefficient (Wildman–Crippen LogP) is 11.1. The molecule has 8 aromatic carbocycles. The van der Waals surface area contributed by atoms with Gasteiger partial charge in [-0.25, -0.2) is 60.0 Å². The number of aryl methyl sites for hydroxylation is 2. The van der Waals surface area contributed by atoms with Gasteiger partial charge >= 0.3 is 38.4 Å². The van der Waals surface area contributed by atoms with Gasteiger partial charge in [-0.15, -0.1) is 0 Å². The number of benzene rings is 8. The number of rotatable bonds is 21. The quantitative estimate of drug-likeness (QED) is 0.0168. The highest BCUT2D eigenvalue weighted by Crippen LogP contribution is 2.32. The highest BCUT2D eigenvalue weighted by Gasteiger charge is 2.49. The Balaban J connectivity index is 0.000000167. The summed E-state index contributed by atoms with van der Waals surface area (Å²) in [5.74, 6) is -2.03. The molecule has 6 heterocycles. The molecule has 0 radical (unpaired) electrons. The van der Waals surface area contributed by atoms with Gasteiger partial charge in [0.2, 0.25) is 0 Å². The highest BCUT2D eigenvalue weighted by molar-refractivity contribution is 14.1. The molecule has 0 amide bonds. The maximum absolute atomic E-state index is 15.1. The Hall–Kier alpha value is -12.7. The van der Waals surface area contributed by atoms with Crippen LogP contribution in [0.2, 0.25) is 0 Å². The van der Waals surface area contributed by atoms with Gasteiger partial charge in [0.15, 0.2) is 5.75 Å². The van der Waals surface area contributed by atoms with Crippen LogP contribution in [0.5, 0.6) is 34.5 Å².